The second-order valence-electron chi connectivity index (χ2n) is 6.13. The van der Waals surface area contributed by atoms with Crippen molar-refractivity contribution in [2.75, 3.05) is 7.11 Å². The Labute approximate surface area is 114 Å². The van der Waals surface area contributed by atoms with Gasteiger partial charge in [0.05, 0.1) is 13.0 Å². The summed E-state index contributed by atoms with van der Waals surface area (Å²) in [6.45, 7) is 4.14. The normalized spacial score (nSPS) is 25.8. The minimum absolute atomic E-state index is 0.144. The number of rotatable bonds is 3. The van der Waals surface area contributed by atoms with Gasteiger partial charge in [-0.05, 0) is 48.3 Å². The van der Waals surface area contributed by atoms with Crippen LogP contribution in [0.15, 0.2) is 24.3 Å². The molecule has 0 heterocycles. The average molecular weight is 262 g/mol. The molecule has 3 heteroatoms. The molecule has 104 valence electrons. The van der Waals surface area contributed by atoms with Gasteiger partial charge in [-0.25, -0.2) is 0 Å². The molecule has 1 aliphatic rings. The third-order valence-electron chi connectivity index (χ3n) is 4.40. The summed E-state index contributed by atoms with van der Waals surface area (Å²) in [5.41, 5.74) is 1.15. The topological polar surface area (TPSA) is 46.5 Å². The van der Waals surface area contributed by atoms with Crippen molar-refractivity contribution in [1.29, 1.82) is 0 Å². The molecule has 0 amide bonds. The Morgan fingerprint density at radius 1 is 1.26 bits per heavy atom. The fraction of sp³-hybridized carbons (Fsp3) is 0.562. The standard InChI is InChI=1S/C16H22O3/c1-16(2)10-12(6-9-14(16)15(17)18)11-4-7-13(19-3)8-5-11/h4-5,7-8,12,14H,6,9-10H2,1-3H3,(H,17,18)/t12-,14-/m0/s1. The molecule has 0 aromatic heterocycles. The third-order valence-corrected chi connectivity index (χ3v) is 4.40. The summed E-state index contributed by atoms with van der Waals surface area (Å²) in [6.07, 6.45) is 2.64. The van der Waals surface area contributed by atoms with E-state index in [4.69, 9.17) is 4.74 Å². The van der Waals surface area contributed by atoms with Gasteiger partial charge in [-0.2, -0.15) is 0 Å². The number of hydrogen-bond acceptors (Lipinski definition) is 2. The molecule has 2 atom stereocenters. The molecule has 0 saturated heterocycles. The van der Waals surface area contributed by atoms with Crippen LogP contribution in [0.1, 0.15) is 44.6 Å². The monoisotopic (exact) mass is 262 g/mol. The van der Waals surface area contributed by atoms with Crippen molar-refractivity contribution in [3.05, 3.63) is 29.8 Å². The third kappa shape index (κ3) is 2.91. The number of carboxylic acid groups (broad SMARTS) is 1. The number of carboxylic acids is 1. The number of hydrogen-bond donors (Lipinski definition) is 1. The lowest BCUT2D eigenvalue weighted by Crippen LogP contribution is -2.36. The van der Waals surface area contributed by atoms with E-state index >= 15 is 0 Å². The van der Waals surface area contributed by atoms with Crippen LogP contribution in [0.4, 0.5) is 0 Å². The van der Waals surface area contributed by atoms with Crippen LogP contribution in [-0.4, -0.2) is 18.2 Å². The van der Waals surface area contributed by atoms with Crippen molar-refractivity contribution in [2.45, 2.75) is 39.0 Å². The molecule has 3 nitrogen and oxygen atoms in total. The van der Waals surface area contributed by atoms with Gasteiger partial charge >= 0.3 is 5.97 Å². The number of carbonyl (C=O) groups is 1. The Morgan fingerprint density at radius 3 is 2.37 bits per heavy atom. The van der Waals surface area contributed by atoms with E-state index in [9.17, 15) is 9.90 Å². The number of benzene rings is 1. The second-order valence-corrected chi connectivity index (χ2v) is 6.13. The molecule has 0 aliphatic heterocycles. The highest BCUT2D eigenvalue weighted by Gasteiger charge is 2.41. The summed E-state index contributed by atoms with van der Waals surface area (Å²) in [7, 11) is 1.66. The second kappa shape index (κ2) is 5.24. The maximum atomic E-state index is 11.3. The average Bonchev–Trinajstić information content (AvgIpc) is 2.37. The summed E-state index contributed by atoms with van der Waals surface area (Å²) in [6, 6.07) is 8.15. The molecule has 1 fully saturated rings. The van der Waals surface area contributed by atoms with Crippen molar-refractivity contribution in [2.24, 2.45) is 11.3 Å². The van der Waals surface area contributed by atoms with Crippen LogP contribution >= 0.6 is 0 Å². The van der Waals surface area contributed by atoms with E-state index in [1.807, 2.05) is 12.1 Å². The first-order valence-electron chi connectivity index (χ1n) is 6.81. The first kappa shape index (κ1) is 13.9. The van der Waals surface area contributed by atoms with Crippen LogP contribution in [0, 0.1) is 11.3 Å². The first-order chi connectivity index (χ1) is 8.94. The molecule has 0 bridgehead atoms. The van der Waals surface area contributed by atoms with Gasteiger partial charge in [0.25, 0.3) is 0 Å². The lowest BCUT2D eigenvalue weighted by molar-refractivity contribution is -0.147. The molecule has 0 radical (unpaired) electrons. The van der Waals surface area contributed by atoms with Crippen molar-refractivity contribution >= 4 is 5.97 Å². The number of methoxy groups -OCH3 is 1. The van der Waals surface area contributed by atoms with E-state index in [1.54, 1.807) is 7.11 Å². The summed E-state index contributed by atoms with van der Waals surface area (Å²) < 4.78 is 5.17. The first-order valence-corrected chi connectivity index (χ1v) is 6.81. The van der Waals surface area contributed by atoms with Crippen LogP contribution in [-0.2, 0) is 4.79 Å². The Hall–Kier alpha value is -1.51. The highest BCUT2D eigenvalue weighted by Crippen LogP contribution is 2.47. The minimum atomic E-state index is -0.654. The van der Waals surface area contributed by atoms with Gasteiger partial charge in [-0.15, -0.1) is 0 Å². The lowest BCUT2D eigenvalue weighted by Gasteiger charge is -2.40. The zero-order chi connectivity index (χ0) is 14.0. The molecule has 1 aromatic rings. The minimum Gasteiger partial charge on any atom is -0.497 e. The van der Waals surface area contributed by atoms with Gasteiger partial charge in [0, 0.05) is 0 Å². The Kier molecular flexibility index (Phi) is 3.83. The summed E-state index contributed by atoms with van der Waals surface area (Å²) in [4.78, 5) is 11.3. The van der Waals surface area contributed by atoms with Crippen LogP contribution in [0.2, 0.25) is 0 Å². The van der Waals surface area contributed by atoms with Crippen LogP contribution in [0.3, 0.4) is 0 Å². The molecule has 1 aliphatic carbocycles. The van der Waals surface area contributed by atoms with E-state index in [2.05, 4.69) is 26.0 Å². The summed E-state index contributed by atoms with van der Waals surface area (Å²) in [5, 5.41) is 9.28. The molecular weight excluding hydrogens is 240 g/mol. The SMILES string of the molecule is COc1ccc([C@H]2CC[C@@H](C(=O)O)C(C)(C)C2)cc1. The number of aliphatic carboxylic acids is 1. The van der Waals surface area contributed by atoms with E-state index in [0.717, 1.165) is 25.0 Å². The predicted octanol–water partition coefficient (Wildman–Crippen LogP) is 3.69. The van der Waals surface area contributed by atoms with Gasteiger partial charge < -0.3 is 9.84 Å². The molecule has 1 N–H and O–H groups in total. The fourth-order valence-corrected chi connectivity index (χ4v) is 3.26. The maximum absolute atomic E-state index is 11.3. The summed E-state index contributed by atoms with van der Waals surface area (Å²) >= 11 is 0. The van der Waals surface area contributed by atoms with Crippen molar-refractivity contribution in [1.82, 2.24) is 0 Å². The zero-order valence-electron chi connectivity index (χ0n) is 11.8. The molecule has 0 unspecified atom stereocenters. The van der Waals surface area contributed by atoms with E-state index in [0.29, 0.717) is 5.92 Å². The molecule has 1 saturated carbocycles. The van der Waals surface area contributed by atoms with E-state index in [-0.39, 0.29) is 11.3 Å². The van der Waals surface area contributed by atoms with Crippen molar-refractivity contribution < 1.29 is 14.6 Å². The van der Waals surface area contributed by atoms with E-state index < -0.39 is 5.97 Å². The quantitative estimate of drug-likeness (QED) is 0.903. The molecule has 19 heavy (non-hydrogen) atoms. The highest BCUT2D eigenvalue weighted by molar-refractivity contribution is 5.71. The summed E-state index contributed by atoms with van der Waals surface area (Å²) in [5.74, 6) is 0.443. The van der Waals surface area contributed by atoms with Gasteiger partial charge in [-0.1, -0.05) is 26.0 Å². The molecule has 2 rings (SSSR count). The highest BCUT2D eigenvalue weighted by atomic mass is 16.5. The molecule has 0 spiro atoms. The van der Waals surface area contributed by atoms with Gasteiger partial charge in [0.2, 0.25) is 0 Å². The Morgan fingerprint density at radius 2 is 1.89 bits per heavy atom. The van der Waals surface area contributed by atoms with Crippen molar-refractivity contribution in [3.63, 3.8) is 0 Å². The van der Waals surface area contributed by atoms with Crippen molar-refractivity contribution in [3.8, 4) is 5.75 Å². The van der Waals surface area contributed by atoms with Gasteiger partial charge in [0.15, 0.2) is 0 Å². The Balaban J connectivity index is 2.13. The predicted molar refractivity (Wildman–Crippen MR) is 74.5 cm³/mol. The largest absolute Gasteiger partial charge is 0.497 e. The van der Waals surface area contributed by atoms with Crippen LogP contribution in [0.25, 0.3) is 0 Å². The zero-order valence-corrected chi connectivity index (χ0v) is 11.8. The maximum Gasteiger partial charge on any atom is 0.307 e. The van der Waals surface area contributed by atoms with Crippen LogP contribution < -0.4 is 4.74 Å². The Bertz CT molecular complexity index is 448. The molecule has 1 aromatic carbocycles. The molecular formula is C16H22O3. The van der Waals surface area contributed by atoms with Gasteiger partial charge in [0.1, 0.15) is 5.75 Å². The van der Waals surface area contributed by atoms with Gasteiger partial charge in [-0.3, -0.25) is 4.79 Å². The fourth-order valence-electron chi connectivity index (χ4n) is 3.26. The van der Waals surface area contributed by atoms with Crippen LogP contribution in [0.5, 0.6) is 5.75 Å². The number of ether oxygens (including phenoxy) is 1. The smallest absolute Gasteiger partial charge is 0.307 e. The lowest BCUT2D eigenvalue weighted by atomic mass is 9.64. The van der Waals surface area contributed by atoms with E-state index in [1.165, 1.54) is 5.56 Å².